The molecule has 0 spiro atoms. The van der Waals surface area contributed by atoms with Crippen LogP contribution in [0.25, 0.3) is 0 Å². The number of aliphatic carboxylic acids is 1. The molecule has 0 saturated carbocycles. The van der Waals surface area contributed by atoms with Gasteiger partial charge in [-0.05, 0) is 0 Å². The third-order valence-corrected chi connectivity index (χ3v) is 1.59. The number of rotatable bonds is 3. The average molecular weight is 222 g/mol. The van der Waals surface area contributed by atoms with Crippen molar-refractivity contribution in [3.63, 3.8) is 0 Å². The highest BCUT2D eigenvalue weighted by molar-refractivity contribution is 6.33. The monoisotopic (exact) mass is 222 g/mol. The fourth-order valence-corrected chi connectivity index (χ4v) is 0.939. The smallest absolute Gasteiger partial charge is 0.433 e. The summed E-state index contributed by atoms with van der Waals surface area (Å²) in [6, 6.07) is 0. The highest BCUT2D eigenvalue weighted by Crippen LogP contribution is 2.30. The van der Waals surface area contributed by atoms with Crippen LogP contribution in [0.5, 0.6) is 0 Å². The number of hydrogen-bond acceptors (Lipinski definition) is 3. The molecule has 1 rings (SSSR count). The summed E-state index contributed by atoms with van der Waals surface area (Å²) >= 11 is 0. The van der Waals surface area contributed by atoms with E-state index in [9.17, 15) is 22.8 Å². The molecule has 0 bridgehead atoms. The lowest BCUT2D eigenvalue weighted by molar-refractivity contribution is -0.149. The van der Waals surface area contributed by atoms with Gasteiger partial charge < -0.3 is 5.11 Å². The second-order valence-corrected chi connectivity index (χ2v) is 2.67. The first kappa shape index (κ1) is 11.2. The van der Waals surface area contributed by atoms with Crippen LogP contribution >= 0.6 is 0 Å². The van der Waals surface area contributed by atoms with E-state index in [1.165, 1.54) is 0 Å². The lowest BCUT2D eigenvalue weighted by Crippen LogP contribution is -2.17. The molecule has 1 aromatic heterocycles. The third-order valence-electron chi connectivity index (χ3n) is 1.59. The summed E-state index contributed by atoms with van der Waals surface area (Å²) in [7, 11) is 0. The normalized spacial score (nSPS) is 11.4. The van der Waals surface area contributed by atoms with Gasteiger partial charge in [0.25, 0.3) is 0 Å². The fourth-order valence-electron chi connectivity index (χ4n) is 0.939. The number of halogens is 3. The van der Waals surface area contributed by atoms with E-state index in [-0.39, 0.29) is 0 Å². The number of aromatic amines is 1. The second-order valence-electron chi connectivity index (χ2n) is 2.67. The average Bonchev–Trinajstić information content (AvgIpc) is 2.50. The molecule has 8 heteroatoms. The van der Waals surface area contributed by atoms with Crippen LogP contribution in [-0.4, -0.2) is 27.1 Å². The highest BCUT2D eigenvalue weighted by atomic mass is 19.4. The van der Waals surface area contributed by atoms with Crippen LogP contribution in [0, 0.1) is 0 Å². The van der Waals surface area contributed by atoms with Gasteiger partial charge in [0.15, 0.2) is 0 Å². The zero-order valence-electron chi connectivity index (χ0n) is 7.13. The van der Waals surface area contributed by atoms with Crippen molar-refractivity contribution >= 4 is 11.8 Å². The van der Waals surface area contributed by atoms with Gasteiger partial charge in [-0.25, -0.2) is 4.79 Å². The van der Waals surface area contributed by atoms with Crippen LogP contribution in [0.2, 0.25) is 0 Å². The Labute approximate surface area is 80.9 Å². The van der Waals surface area contributed by atoms with Gasteiger partial charge in [-0.15, -0.1) is 0 Å². The van der Waals surface area contributed by atoms with Gasteiger partial charge in [0, 0.05) is 12.0 Å². The maximum absolute atomic E-state index is 12.2. The van der Waals surface area contributed by atoms with Crippen molar-refractivity contribution in [2.24, 2.45) is 0 Å². The number of carboxylic acid groups (broad SMARTS) is 1. The van der Waals surface area contributed by atoms with E-state index in [1.807, 2.05) is 0 Å². The minimum Gasteiger partial charge on any atom is -0.475 e. The van der Waals surface area contributed by atoms with Crippen LogP contribution in [0.4, 0.5) is 13.2 Å². The molecular formula is C7H5F3N2O3. The minimum absolute atomic E-state index is 0.477. The second kappa shape index (κ2) is 3.71. The van der Waals surface area contributed by atoms with Crippen molar-refractivity contribution in [1.82, 2.24) is 10.2 Å². The summed E-state index contributed by atoms with van der Waals surface area (Å²) in [6.07, 6.45) is -4.73. The van der Waals surface area contributed by atoms with E-state index < -0.39 is 35.6 Å². The van der Waals surface area contributed by atoms with Gasteiger partial charge >= 0.3 is 12.1 Å². The largest absolute Gasteiger partial charge is 0.475 e. The first-order chi connectivity index (χ1) is 6.82. The first-order valence-corrected chi connectivity index (χ1v) is 3.68. The van der Waals surface area contributed by atoms with Crippen LogP contribution in [-0.2, 0) is 22.2 Å². The molecule has 0 saturated heterocycles. The van der Waals surface area contributed by atoms with Crippen molar-refractivity contribution in [3.8, 4) is 0 Å². The molecule has 82 valence electrons. The van der Waals surface area contributed by atoms with Gasteiger partial charge in [0.1, 0.15) is 5.69 Å². The van der Waals surface area contributed by atoms with E-state index in [2.05, 4.69) is 5.10 Å². The predicted octanol–water partition coefficient (Wildman–Crippen LogP) is 0.625. The number of hydrogen-bond donors (Lipinski definition) is 2. The molecule has 0 unspecified atom stereocenters. The number of H-pyrrole nitrogens is 1. The maximum Gasteiger partial charge on any atom is 0.433 e. The van der Waals surface area contributed by atoms with Gasteiger partial charge in [-0.3, -0.25) is 9.89 Å². The zero-order valence-corrected chi connectivity index (χ0v) is 7.13. The number of carbonyl (C=O) groups excluding carboxylic acids is 1. The Morgan fingerprint density at radius 2 is 2.07 bits per heavy atom. The molecule has 15 heavy (non-hydrogen) atoms. The first-order valence-electron chi connectivity index (χ1n) is 3.68. The molecule has 0 aliphatic rings. The number of ketones is 1. The Morgan fingerprint density at radius 1 is 1.47 bits per heavy atom. The molecule has 2 N–H and O–H groups in total. The Morgan fingerprint density at radius 3 is 2.53 bits per heavy atom. The molecule has 0 amide bonds. The van der Waals surface area contributed by atoms with E-state index in [0.29, 0.717) is 0 Å². The van der Waals surface area contributed by atoms with E-state index >= 15 is 0 Å². The number of nitrogens with one attached hydrogen (secondary N) is 1. The van der Waals surface area contributed by atoms with E-state index in [1.54, 1.807) is 5.10 Å². The van der Waals surface area contributed by atoms with Crippen LogP contribution < -0.4 is 0 Å². The Hall–Kier alpha value is -1.86. The summed E-state index contributed by atoms with van der Waals surface area (Å²) < 4.78 is 36.6. The van der Waals surface area contributed by atoms with Crippen molar-refractivity contribution < 1.29 is 27.9 Å². The predicted molar refractivity (Wildman–Crippen MR) is 39.9 cm³/mol. The summed E-state index contributed by atoms with van der Waals surface area (Å²) in [5.41, 5.74) is -1.67. The lowest BCUT2D eigenvalue weighted by atomic mass is 10.1. The molecule has 0 aliphatic heterocycles. The standard InChI is InChI=1S/C7H5F3N2O3/c8-7(9,10)5-3(2-11-12-5)1-4(13)6(14)15/h2H,1H2,(H,11,12)(H,14,15). The van der Waals surface area contributed by atoms with Crippen molar-refractivity contribution in [2.45, 2.75) is 12.6 Å². The van der Waals surface area contributed by atoms with Gasteiger partial charge in [-0.1, -0.05) is 0 Å². The molecule has 1 aromatic rings. The summed E-state index contributed by atoms with van der Waals surface area (Å²) in [4.78, 5) is 20.8. The quantitative estimate of drug-likeness (QED) is 0.734. The van der Waals surface area contributed by atoms with Crippen LogP contribution in [0.15, 0.2) is 6.20 Å². The van der Waals surface area contributed by atoms with Gasteiger partial charge in [-0.2, -0.15) is 18.3 Å². The number of nitrogens with zero attached hydrogens (tertiary/aromatic N) is 1. The van der Waals surface area contributed by atoms with Crippen molar-refractivity contribution in [1.29, 1.82) is 0 Å². The highest BCUT2D eigenvalue weighted by Gasteiger charge is 2.36. The summed E-state index contributed by atoms with van der Waals surface area (Å²) in [6.45, 7) is 0. The Kier molecular flexibility index (Phi) is 2.78. The number of Topliss-reactive ketones (excluding diaryl/α,β-unsaturated/α-hetero) is 1. The maximum atomic E-state index is 12.2. The topological polar surface area (TPSA) is 83.0 Å². The fraction of sp³-hybridized carbons (Fsp3) is 0.286. The summed E-state index contributed by atoms with van der Waals surface area (Å²) in [5.74, 6) is -3.09. The van der Waals surface area contributed by atoms with E-state index in [0.717, 1.165) is 6.20 Å². The molecule has 0 aliphatic carbocycles. The van der Waals surface area contributed by atoms with Gasteiger partial charge in [0.05, 0.1) is 6.20 Å². The molecule has 1 heterocycles. The molecule has 0 radical (unpaired) electrons. The number of aromatic nitrogens is 2. The molecular weight excluding hydrogens is 217 g/mol. The molecule has 5 nitrogen and oxygen atoms in total. The summed E-state index contributed by atoms with van der Waals surface area (Å²) in [5, 5.41) is 13.0. The van der Waals surface area contributed by atoms with Crippen molar-refractivity contribution in [3.05, 3.63) is 17.5 Å². The number of alkyl halides is 3. The van der Waals surface area contributed by atoms with Gasteiger partial charge in [0.2, 0.25) is 5.78 Å². The minimum atomic E-state index is -4.68. The van der Waals surface area contributed by atoms with Crippen molar-refractivity contribution in [2.75, 3.05) is 0 Å². The van der Waals surface area contributed by atoms with Crippen LogP contribution in [0.1, 0.15) is 11.3 Å². The van der Waals surface area contributed by atoms with E-state index in [4.69, 9.17) is 5.11 Å². The number of carbonyl (C=O) groups is 2. The SMILES string of the molecule is O=C(O)C(=O)Cc1cn[nH]c1C(F)(F)F. The molecule has 0 aromatic carbocycles. The molecule has 0 fully saturated rings. The third kappa shape index (κ3) is 2.55. The van der Waals surface area contributed by atoms with Crippen LogP contribution in [0.3, 0.4) is 0 Å². The Bertz CT molecular complexity index is 396. The molecule has 0 atom stereocenters. The Balaban J connectivity index is 2.92. The number of carboxylic acids is 1. The zero-order chi connectivity index (χ0) is 11.6. The lowest BCUT2D eigenvalue weighted by Gasteiger charge is -2.04.